The summed E-state index contributed by atoms with van der Waals surface area (Å²) in [6.45, 7) is 0. The lowest BCUT2D eigenvalue weighted by Gasteiger charge is -2.25. The Balaban J connectivity index is 1.29. The third-order valence-electron chi connectivity index (χ3n) is 6.59. The quantitative estimate of drug-likeness (QED) is 0.582. The standard InChI is InChI=1S/C27H28N4O3S/c32-23(18-9-3-1-4-10-18)17-35-27-30-21-14-8-7-13-20(21)25-29-22(26(34)31(25)27)15-16-24(33)28-19-11-5-2-6-12-19/h1,3-4,7-10,13-14,19,22H,2,5-6,11-12,15-17H2,(H,28,33). The van der Waals surface area contributed by atoms with E-state index in [1.165, 1.54) is 23.1 Å². The number of hydrogen-bond donors (Lipinski definition) is 1. The number of ketones is 1. The zero-order valence-electron chi connectivity index (χ0n) is 19.5. The fourth-order valence-corrected chi connectivity index (χ4v) is 5.63. The lowest BCUT2D eigenvalue weighted by molar-refractivity contribution is -0.125. The minimum Gasteiger partial charge on any atom is -0.353 e. The van der Waals surface area contributed by atoms with E-state index in [1.54, 1.807) is 12.1 Å². The molecule has 2 aliphatic heterocycles. The number of nitrogens with zero attached hydrogens (tertiary/aromatic N) is 3. The number of amidine groups is 2. The summed E-state index contributed by atoms with van der Waals surface area (Å²) >= 11 is 1.24. The van der Waals surface area contributed by atoms with Crippen molar-refractivity contribution in [3.63, 3.8) is 0 Å². The number of thioether (sulfide) groups is 1. The molecule has 1 atom stereocenters. The summed E-state index contributed by atoms with van der Waals surface area (Å²) in [6.07, 6.45) is 6.20. The van der Waals surface area contributed by atoms with Gasteiger partial charge in [-0.15, -0.1) is 0 Å². The Kier molecular flexibility index (Phi) is 7.08. The molecule has 0 radical (unpaired) electrons. The van der Waals surface area contributed by atoms with Crippen LogP contribution in [0, 0.1) is 0 Å². The van der Waals surface area contributed by atoms with E-state index in [0.29, 0.717) is 23.0 Å². The molecule has 0 saturated heterocycles. The summed E-state index contributed by atoms with van der Waals surface area (Å²) < 4.78 is 0. The highest BCUT2D eigenvalue weighted by Gasteiger charge is 2.41. The second-order valence-corrected chi connectivity index (χ2v) is 10.0. The molecular formula is C27H28N4O3S. The van der Waals surface area contributed by atoms with E-state index in [1.807, 2.05) is 42.5 Å². The summed E-state index contributed by atoms with van der Waals surface area (Å²) in [5, 5.41) is 3.57. The van der Waals surface area contributed by atoms with Gasteiger partial charge in [-0.1, -0.05) is 73.5 Å². The number of nitrogens with one attached hydrogen (secondary N) is 1. The van der Waals surface area contributed by atoms with Gasteiger partial charge in [0.05, 0.1) is 11.4 Å². The molecule has 3 aliphatic rings. The molecule has 2 aromatic rings. The largest absolute Gasteiger partial charge is 0.353 e. The molecule has 0 aromatic heterocycles. The van der Waals surface area contributed by atoms with Crippen LogP contribution in [-0.2, 0) is 9.59 Å². The van der Waals surface area contributed by atoms with Crippen LogP contribution in [0.2, 0.25) is 0 Å². The van der Waals surface area contributed by atoms with Gasteiger partial charge in [0.1, 0.15) is 11.9 Å². The Hall–Kier alpha value is -3.26. The van der Waals surface area contributed by atoms with E-state index in [4.69, 9.17) is 4.99 Å². The van der Waals surface area contributed by atoms with Crippen LogP contribution in [0.4, 0.5) is 5.69 Å². The van der Waals surface area contributed by atoms with Gasteiger partial charge < -0.3 is 5.32 Å². The smallest absolute Gasteiger partial charge is 0.259 e. The predicted octanol–water partition coefficient (Wildman–Crippen LogP) is 4.49. The molecule has 1 N–H and O–H groups in total. The Bertz CT molecular complexity index is 1190. The SMILES string of the molecule is O=C(CCC1N=C2c3ccccc3N=C(SCC(=O)c3ccccc3)N2C1=O)NC1CCCCC1. The Labute approximate surface area is 209 Å². The van der Waals surface area contributed by atoms with Crippen LogP contribution in [0.15, 0.2) is 64.6 Å². The number of rotatable bonds is 7. The first-order chi connectivity index (χ1) is 17.1. The van der Waals surface area contributed by atoms with Gasteiger partial charge in [-0.3, -0.25) is 19.4 Å². The number of aliphatic imine (C=N–C) groups is 2. The Morgan fingerprint density at radius 2 is 1.74 bits per heavy atom. The zero-order chi connectivity index (χ0) is 24.2. The molecule has 2 heterocycles. The first-order valence-corrected chi connectivity index (χ1v) is 13.2. The number of hydrogen-bond acceptors (Lipinski definition) is 6. The van der Waals surface area contributed by atoms with Crippen LogP contribution < -0.4 is 5.32 Å². The molecule has 7 nitrogen and oxygen atoms in total. The van der Waals surface area contributed by atoms with Crippen LogP contribution in [0.3, 0.4) is 0 Å². The van der Waals surface area contributed by atoms with E-state index in [9.17, 15) is 14.4 Å². The maximum atomic E-state index is 13.4. The molecule has 180 valence electrons. The van der Waals surface area contributed by atoms with Gasteiger partial charge in [0.2, 0.25) is 5.91 Å². The number of benzene rings is 2. The van der Waals surface area contributed by atoms with Gasteiger partial charge in [-0.05, 0) is 31.4 Å². The third kappa shape index (κ3) is 5.22. The lowest BCUT2D eigenvalue weighted by atomic mass is 9.95. The molecule has 1 unspecified atom stereocenters. The molecule has 1 fully saturated rings. The average molecular weight is 489 g/mol. The highest BCUT2D eigenvalue weighted by Crippen LogP contribution is 2.34. The fraction of sp³-hybridized carbons (Fsp3) is 0.370. The van der Waals surface area contributed by atoms with E-state index < -0.39 is 6.04 Å². The van der Waals surface area contributed by atoms with E-state index in [-0.39, 0.29) is 35.8 Å². The van der Waals surface area contributed by atoms with Gasteiger partial charge in [-0.25, -0.2) is 9.89 Å². The number of carbonyl (C=O) groups excluding carboxylic acids is 3. The highest BCUT2D eigenvalue weighted by atomic mass is 32.2. The van der Waals surface area contributed by atoms with E-state index in [0.717, 1.165) is 36.9 Å². The maximum absolute atomic E-state index is 13.4. The second-order valence-electron chi connectivity index (χ2n) is 9.07. The van der Waals surface area contributed by atoms with Crippen LogP contribution in [0.5, 0.6) is 0 Å². The summed E-state index contributed by atoms with van der Waals surface area (Å²) in [5.74, 6) is 0.465. The predicted molar refractivity (Wildman–Crippen MR) is 138 cm³/mol. The van der Waals surface area contributed by atoms with Crippen molar-refractivity contribution in [2.24, 2.45) is 9.98 Å². The van der Waals surface area contributed by atoms with Crippen molar-refractivity contribution in [2.75, 3.05) is 5.75 Å². The molecule has 0 bridgehead atoms. The number of Topliss-reactive ketones (excluding diaryl/α,β-unsaturated/α-hetero) is 1. The Morgan fingerprint density at radius 3 is 2.54 bits per heavy atom. The molecule has 5 rings (SSSR count). The van der Waals surface area contributed by atoms with Gasteiger partial charge in [-0.2, -0.15) is 0 Å². The topological polar surface area (TPSA) is 91.2 Å². The average Bonchev–Trinajstić information content (AvgIpc) is 3.23. The van der Waals surface area contributed by atoms with Crippen molar-refractivity contribution in [1.29, 1.82) is 0 Å². The van der Waals surface area contributed by atoms with Crippen molar-refractivity contribution in [2.45, 2.75) is 57.0 Å². The molecule has 2 amide bonds. The van der Waals surface area contributed by atoms with Crippen LogP contribution in [-0.4, -0.2) is 51.3 Å². The van der Waals surface area contributed by atoms with Crippen molar-refractivity contribution in [3.8, 4) is 0 Å². The minimum atomic E-state index is -0.635. The van der Waals surface area contributed by atoms with Crippen molar-refractivity contribution < 1.29 is 14.4 Å². The summed E-state index contributed by atoms with van der Waals surface area (Å²) in [7, 11) is 0. The number of fused-ring (bicyclic) bond motifs is 3. The first kappa shape index (κ1) is 23.5. The number of carbonyl (C=O) groups is 3. The second kappa shape index (κ2) is 10.6. The Morgan fingerprint density at radius 1 is 1.00 bits per heavy atom. The number of amides is 2. The summed E-state index contributed by atoms with van der Waals surface area (Å²) in [6, 6.07) is 16.3. The van der Waals surface area contributed by atoms with Crippen LogP contribution in [0.1, 0.15) is 60.9 Å². The lowest BCUT2D eigenvalue weighted by Crippen LogP contribution is -2.41. The molecule has 2 aromatic carbocycles. The maximum Gasteiger partial charge on any atom is 0.259 e. The molecule has 35 heavy (non-hydrogen) atoms. The van der Waals surface area contributed by atoms with Crippen molar-refractivity contribution in [3.05, 3.63) is 65.7 Å². The molecular weight excluding hydrogens is 460 g/mol. The fourth-order valence-electron chi connectivity index (χ4n) is 4.74. The zero-order valence-corrected chi connectivity index (χ0v) is 20.3. The molecule has 0 spiro atoms. The summed E-state index contributed by atoms with van der Waals surface area (Å²) in [5.41, 5.74) is 2.13. The highest BCUT2D eigenvalue weighted by molar-refractivity contribution is 8.14. The van der Waals surface area contributed by atoms with E-state index in [2.05, 4.69) is 10.3 Å². The van der Waals surface area contributed by atoms with E-state index >= 15 is 0 Å². The van der Waals surface area contributed by atoms with Crippen molar-refractivity contribution >= 4 is 46.1 Å². The minimum absolute atomic E-state index is 0.0214. The van der Waals surface area contributed by atoms with Gasteiger partial charge in [0.15, 0.2) is 11.0 Å². The van der Waals surface area contributed by atoms with Gasteiger partial charge in [0.25, 0.3) is 5.91 Å². The monoisotopic (exact) mass is 488 g/mol. The number of para-hydroxylation sites is 1. The molecule has 1 saturated carbocycles. The first-order valence-electron chi connectivity index (χ1n) is 12.2. The molecule has 8 heteroatoms. The third-order valence-corrected chi connectivity index (χ3v) is 7.53. The van der Waals surface area contributed by atoms with Crippen molar-refractivity contribution in [1.82, 2.24) is 10.2 Å². The van der Waals surface area contributed by atoms with Gasteiger partial charge in [0, 0.05) is 23.6 Å². The summed E-state index contributed by atoms with van der Waals surface area (Å²) in [4.78, 5) is 49.5. The normalized spacial score (nSPS) is 19.5. The van der Waals surface area contributed by atoms with Crippen LogP contribution >= 0.6 is 11.8 Å². The molecule has 1 aliphatic carbocycles. The van der Waals surface area contributed by atoms with Gasteiger partial charge >= 0.3 is 0 Å². The van der Waals surface area contributed by atoms with Crippen LogP contribution in [0.25, 0.3) is 0 Å².